The number of hydrogen-bond donors (Lipinski definition) is 0. The van der Waals surface area contributed by atoms with Crippen LogP contribution in [0.3, 0.4) is 0 Å². The van der Waals surface area contributed by atoms with Gasteiger partial charge in [-0.3, -0.25) is 0 Å². The van der Waals surface area contributed by atoms with Gasteiger partial charge in [0.2, 0.25) is 0 Å². The van der Waals surface area contributed by atoms with Crippen LogP contribution >= 0.6 is 0 Å². The second kappa shape index (κ2) is 9.99. The summed E-state index contributed by atoms with van der Waals surface area (Å²) in [6.45, 7) is 3.36. The second-order valence-corrected chi connectivity index (χ2v) is 7.05. The van der Waals surface area contributed by atoms with E-state index in [4.69, 9.17) is 4.74 Å². The fourth-order valence-electron chi connectivity index (χ4n) is 4.11. The van der Waals surface area contributed by atoms with Gasteiger partial charge in [0, 0.05) is 19.0 Å². The first-order chi connectivity index (χ1) is 12.6. The Kier molecular flexibility index (Phi) is 7.98. The van der Waals surface area contributed by atoms with Gasteiger partial charge in [-0.2, -0.15) is 0 Å². The van der Waals surface area contributed by atoms with Crippen LogP contribution < -0.4 is 28.7 Å². The van der Waals surface area contributed by atoms with Crippen molar-refractivity contribution in [2.24, 2.45) is 5.92 Å². The van der Waals surface area contributed by atoms with Crippen LogP contribution in [0.15, 0.2) is 48.5 Å². The number of carbonyl (C=O) groups excluding carboxylic acids is 1. The van der Waals surface area contributed by atoms with Crippen LogP contribution in [0.4, 0.5) is 0 Å². The minimum Gasteiger partial charge on any atom is -0.549 e. The molecule has 1 aliphatic carbocycles. The molecule has 0 heterocycles. The predicted octanol–water partition coefficient (Wildman–Crippen LogP) is -0.535. The average molecular weight is 359 g/mol. The number of nitrogens with zero attached hydrogens (tertiary/aromatic N) is 1. The molecule has 0 saturated heterocycles. The van der Waals surface area contributed by atoms with Crippen molar-refractivity contribution < 1.29 is 33.5 Å². The van der Waals surface area contributed by atoms with Gasteiger partial charge in [-0.15, -0.1) is 0 Å². The zero-order valence-corrected chi connectivity index (χ0v) is 16.5. The summed E-state index contributed by atoms with van der Waals surface area (Å²) in [5, 5.41) is 10.9. The van der Waals surface area contributed by atoms with Gasteiger partial charge in [0.25, 0.3) is 0 Å². The van der Waals surface area contributed by atoms with E-state index in [0.717, 1.165) is 25.1 Å². The smallest absolute Gasteiger partial charge is 0.549 e. The molecular weight excluding hydrogens is 333 g/mol. The maximum Gasteiger partial charge on any atom is 1.00 e. The van der Waals surface area contributed by atoms with Crippen LogP contribution in [0.5, 0.6) is 5.75 Å². The van der Waals surface area contributed by atoms with Gasteiger partial charge in [0.15, 0.2) is 0 Å². The van der Waals surface area contributed by atoms with Gasteiger partial charge in [0.05, 0.1) is 12.6 Å². The number of carboxylic acid groups (broad SMARTS) is 1. The zero-order chi connectivity index (χ0) is 18.5. The monoisotopic (exact) mass is 359 g/mol. The summed E-state index contributed by atoms with van der Waals surface area (Å²) in [5.74, 6) is 0.527. The molecule has 2 aromatic rings. The largest absolute Gasteiger partial charge is 1.00 e. The maximum atomic E-state index is 10.9. The van der Waals surface area contributed by atoms with Crippen molar-refractivity contribution in [2.75, 3.05) is 26.7 Å². The standard InChI is InChI=1S/C22H27NO3.Li/c1-3-26-19-11-12-20-17(13-19)9-10-18(14-23(2)15-21(24)25)22(20)16-7-5-4-6-8-16;/h4-8,11-13,18,22H,3,9-10,14-15H2,1-2H3,(H,24,25);/q;+1/p-1/t18-,22+;/m1./s1. The van der Waals surface area contributed by atoms with E-state index >= 15 is 0 Å². The first-order valence-corrected chi connectivity index (χ1v) is 9.27. The molecule has 2 aromatic carbocycles. The number of carbonyl (C=O) groups is 1. The molecule has 0 unspecified atom stereocenters. The fourth-order valence-corrected chi connectivity index (χ4v) is 4.11. The molecule has 0 amide bonds. The Balaban J connectivity index is 0.00000261. The summed E-state index contributed by atoms with van der Waals surface area (Å²) in [7, 11) is 1.85. The molecule has 0 aliphatic heterocycles. The topological polar surface area (TPSA) is 52.6 Å². The van der Waals surface area contributed by atoms with Crippen molar-refractivity contribution in [1.82, 2.24) is 4.90 Å². The van der Waals surface area contributed by atoms with Crippen molar-refractivity contribution in [2.45, 2.75) is 25.7 Å². The van der Waals surface area contributed by atoms with Crippen LogP contribution in [0.1, 0.15) is 36.0 Å². The van der Waals surface area contributed by atoms with E-state index in [2.05, 4.69) is 36.4 Å². The molecule has 3 rings (SSSR count). The van der Waals surface area contributed by atoms with Gasteiger partial charge in [0.1, 0.15) is 5.75 Å². The number of aliphatic carboxylic acids is 1. The van der Waals surface area contributed by atoms with E-state index in [1.165, 1.54) is 16.7 Å². The minimum absolute atomic E-state index is 0. The predicted molar refractivity (Wildman–Crippen MR) is 100 cm³/mol. The molecule has 1 aliphatic rings. The number of benzene rings is 2. The summed E-state index contributed by atoms with van der Waals surface area (Å²) in [5.41, 5.74) is 3.95. The molecule has 27 heavy (non-hydrogen) atoms. The van der Waals surface area contributed by atoms with Gasteiger partial charge < -0.3 is 19.5 Å². The summed E-state index contributed by atoms with van der Waals surface area (Å²) < 4.78 is 5.67. The summed E-state index contributed by atoms with van der Waals surface area (Å²) in [6.07, 6.45) is 2.02. The molecule has 0 bridgehead atoms. The summed E-state index contributed by atoms with van der Waals surface area (Å²) >= 11 is 0. The molecule has 2 atom stereocenters. The van der Waals surface area contributed by atoms with Crippen molar-refractivity contribution in [3.8, 4) is 5.75 Å². The Morgan fingerprint density at radius 3 is 2.63 bits per heavy atom. The molecule has 0 N–H and O–H groups in total. The van der Waals surface area contributed by atoms with E-state index < -0.39 is 5.97 Å². The molecule has 0 fully saturated rings. The molecule has 0 aromatic heterocycles. The maximum absolute atomic E-state index is 10.9. The quantitative estimate of drug-likeness (QED) is 0.624. The Bertz CT molecular complexity index is 750. The molecule has 0 radical (unpaired) electrons. The Morgan fingerprint density at radius 2 is 1.96 bits per heavy atom. The van der Waals surface area contributed by atoms with Gasteiger partial charge >= 0.3 is 18.9 Å². The van der Waals surface area contributed by atoms with Crippen LogP contribution in [-0.4, -0.2) is 37.6 Å². The van der Waals surface area contributed by atoms with Crippen molar-refractivity contribution in [1.29, 1.82) is 0 Å². The summed E-state index contributed by atoms with van der Waals surface area (Å²) in [6, 6.07) is 16.9. The SMILES string of the molecule is CCOc1ccc2c(c1)CC[C@H](CN(C)CC(=O)[O-])[C@@H]2c1ccccc1.[Li+]. The number of hydrogen-bond acceptors (Lipinski definition) is 4. The number of aryl methyl sites for hydroxylation is 1. The third-order valence-corrected chi connectivity index (χ3v) is 5.12. The molecular formula is C22H26LiNO3. The average Bonchev–Trinajstić information content (AvgIpc) is 2.62. The van der Waals surface area contributed by atoms with Crippen LogP contribution in [0, 0.1) is 5.92 Å². The normalized spacial score (nSPS) is 18.5. The number of carboxylic acids is 1. The van der Waals surface area contributed by atoms with E-state index in [1.807, 2.05) is 31.0 Å². The summed E-state index contributed by atoms with van der Waals surface area (Å²) in [4.78, 5) is 12.8. The minimum atomic E-state index is -1.03. The Labute approximate surface area is 173 Å². The van der Waals surface area contributed by atoms with Crippen LogP contribution in [0.2, 0.25) is 0 Å². The van der Waals surface area contributed by atoms with Crippen molar-refractivity contribution >= 4 is 5.97 Å². The van der Waals surface area contributed by atoms with E-state index in [1.54, 1.807) is 0 Å². The Morgan fingerprint density at radius 1 is 1.22 bits per heavy atom. The van der Waals surface area contributed by atoms with E-state index in [0.29, 0.717) is 12.5 Å². The van der Waals surface area contributed by atoms with Crippen LogP contribution in [0.25, 0.3) is 0 Å². The molecule has 0 saturated carbocycles. The molecule has 5 heteroatoms. The van der Waals surface area contributed by atoms with Crippen molar-refractivity contribution in [3.05, 3.63) is 65.2 Å². The van der Waals surface area contributed by atoms with Crippen molar-refractivity contribution in [3.63, 3.8) is 0 Å². The number of likely N-dealkylation sites (N-methyl/N-ethyl adjacent to an activating group) is 1. The van der Waals surface area contributed by atoms with Crippen LogP contribution in [-0.2, 0) is 11.2 Å². The first-order valence-electron chi connectivity index (χ1n) is 9.27. The van der Waals surface area contributed by atoms with E-state index in [9.17, 15) is 9.90 Å². The molecule has 4 nitrogen and oxygen atoms in total. The molecule has 138 valence electrons. The number of fused-ring (bicyclic) bond motifs is 1. The van der Waals surface area contributed by atoms with Gasteiger partial charge in [-0.05, 0) is 61.6 Å². The number of rotatable bonds is 7. The first kappa shape index (κ1) is 21.6. The Hall–Kier alpha value is -1.73. The van der Waals surface area contributed by atoms with Gasteiger partial charge in [-0.25, -0.2) is 0 Å². The second-order valence-electron chi connectivity index (χ2n) is 7.05. The third kappa shape index (κ3) is 5.39. The van der Waals surface area contributed by atoms with E-state index in [-0.39, 0.29) is 31.3 Å². The fraction of sp³-hybridized carbons (Fsp3) is 0.409. The number of ether oxygens (including phenoxy) is 1. The zero-order valence-electron chi connectivity index (χ0n) is 16.5. The van der Waals surface area contributed by atoms with Gasteiger partial charge in [-0.1, -0.05) is 36.4 Å². The third-order valence-electron chi connectivity index (χ3n) is 5.12. The molecule has 0 spiro atoms.